The quantitative estimate of drug-likeness (QED) is 0.314. The molecule has 2 aliphatic rings. The van der Waals surface area contributed by atoms with Gasteiger partial charge in [0.1, 0.15) is 10.1 Å². The van der Waals surface area contributed by atoms with Crippen LogP contribution in [0.1, 0.15) is 36.8 Å². The van der Waals surface area contributed by atoms with Crippen molar-refractivity contribution in [3.8, 4) is 5.75 Å². The molecule has 3 heterocycles. The highest BCUT2D eigenvalue weighted by atomic mass is 32.2. The zero-order valence-electron chi connectivity index (χ0n) is 21.2. The predicted molar refractivity (Wildman–Crippen MR) is 156 cm³/mol. The van der Waals surface area contributed by atoms with Crippen molar-refractivity contribution in [3.63, 3.8) is 0 Å². The van der Waals surface area contributed by atoms with E-state index in [2.05, 4.69) is 11.0 Å². The number of fused-ring (bicyclic) bond motifs is 1. The van der Waals surface area contributed by atoms with E-state index in [1.165, 1.54) is 24.6 Å². The molecule has 0 saturated carbocycles. The Bertz CT molecular complexity index is 1420. The van der Waals surface area contributed by atoms with Crippen molar-refractivity contribution in [3.05, 3.63) is 74.9 Å². The molecule has 2 aliphatic heterocycles. The molecule has 192 valence electrons. The second kappa shape index (κ2) is 11.1. The maximum Gasteiger partial charge on any atom is 0.266 e. The molecule has 1 aromatic heterocycles. The number of thiocarbonyl (C=S) groups is 1. The fraction of sp³-hybridized carbons (Fsp3) is 0.345. The largest absolute Gasteiger partial charge is 0.497 e. The van der Waals surface area contributed by atoms with Crippen LogP contribution in [0.5, 0.6) is 5.75 Å². The number of thioether (sulfide) groups is 1. The van der Waals surface area contributed by atoms with Gasteiger partial charge in [-0.3, -0.25) is 14.5 Å². The Kier molecular flexibility index (Phi) is 7.67. The number of rotatable bonds is 6. The van der Waals surface area contributed by atoms with Gasteiger partial charge < -0.3 is 14.2 Å². The number of anilines is 1. The number of carbonyl (C=O) groups is 1. The highest BCUT2D eigenvalue weighted by molar-refractivity contribution is 8.26. The summed E-state index contributed by atoms with van der Waals surface area (Å²) in [6.07, 6.45) is 7.04. The van der Waals surface area contributed by atoms with Gasteiger partial charge in [0.15, 0.2) is 0 Å². The first-order valence-corrected chi connectivity index (χ1v) is 14.0. The van der Waals surface area contributed by atoms with Gasteiger partial charge >= 0.3 is 0 Å². The van der Waals surface area contributed by atoms with E-state index < -0.39 is 0 Å². The second-order valence-corrected chi connectivity index (χ2v) is 11.2. The molecule has 0 aliphatic carbocycles. The number of aryl methyl sites for hydroxylation is 1. The smallest absolute Gasteiger partial charge is 0.266 e. The summed E-state index contributed by atoms with van der Waals surface area (Å²) in [7, 11) is 3.44. The van der Waals surface area contributed by atoms with Gasteiger partial charge in [0, 0.05) is 32.1 Å². The van der Waals surface area contributed by atoms with Gasteiger partial charge in [-0.05, 0) is 49.1 Å². The summed E-state index contributed by atoms with van der Waals surface area (Å²) in [5.41, 5.74) is 3.41. The lowest BCUT2D eigenvalue weighted by Gasteiger charge is -2.27. The molecule has 37 heavy (non-hydrogen) atoms. The third kappa shape index (κ3) is 5.18. The Balaban J connectivity index is 1.50. The van der Waals surface area contributed by atoms with Crippen molar-refractivity contribution in [2.75, 3.05) is 31.6 Å². The third-order valence-electron chi connectivity index (χ3n) is 7.17. The zero-order chi connectivity index (χ0) is 25.9. The van der Waals surface area contributed by atoms with Crippen molar-refractivity contribution >= 4 is 56.9 Å². The van der Waals surface area contributed by atoms with Gasteiger partial charge in [-0.25, -0.2) is 0 Å². The number of ether oxygens (including phenoxy) is 1. The van der Waals surface area contributed by atoms with E-state index >= 15 is 0 Å². The number of aromatic nitrogens is 1. The van der Waals surface area contributed by atoms with E-state index in [0.29, 0.717) is 27.8 Å². The Morgan fingerprint density at radius 3 is 2.41 bits per heavy atom. The molecular weight excluding hydrogens is 502 g/mol. The van der Waals surface area contributed by atoms with Crippen LogP contribution in [0.25, 0.3) is 17.0 Å². The summed E-state index contributed by atoms with van der Waals surface area (Å²) in [4.78, 5) is 31.6. The number of para-hydroxylation sites is 1. The molecule has 0 radical (unpaired) electrons. The lowest BCUT2D eigenvalue weighted by molar-refractivity contribution is -0.122. The Morgan fingerprint density at radius 2 is 1.70 bits per heavy atom. The van der Waals surface area contributed by atoms with Gasteiger partial charge in [0.2, 0.25) is 0 Å². The molecule has 8 heteroatoms. The summed E-state index contributed by atoms with van der Waals surface area (Å²) >= 11 is 6.87. The third-order valence-corrected chi connectivity index (χ3v) is 8.54. The Labute approximate surface area is 226 Å². The molecule has 2 fully saturated rings. The normalized spacial score (nSPS) is 17.6. The first-order valence-electron chi connectivity index (χ1n) is 12.7. The highest BCUT2D eigenvalue weighted by Gasteiger charge is 2.33. The lowest BCUT2D eigenvalue weighted by atomic mass is 10.1. The van der Waals surface area contributed by atoms with Crippen LogP contribution in [-0.2, 0) is 18.3 Å². The number of pyridine rings is 1. The highest BCUT2D eigenvalue weighted by Crippen LogP contribution is 2.36. The standard InChI is InChI=1S/C29H31N3O3S2/c1-30-24-10-6-5-9-22(24)26(31-16-7-3-4-8-17-31)23(27(30)33)19-25-28(34)32(29(36)37-25)18-15-20-11-13-21(35-2)14-12-20/h5-6,9-14,19H,3-4,7-8,15-18H2,1-2H3. The number of hydrogen-bond donors (Lipinski definition) is 0. The SMILES string of the molecule is COc1ccc(CCN2C(=O)C(=Cc3c(N4CCCCCC4)c4ccccc4n(C)c3=O)SC2=S)cc1. The molecule has 3 aromatic rings. The van der Waals surface area contributed by atoms with E-state index in [4.69, 9.17) is 17.0 Å². The van der Waals surface area contributed by atoms with Gasteiger partial charge in [0.25, 0.3) is 11.5 Å². The van der Waals surface area contributed by atoms with Crippen molar-refractivity contribution < 1.29 is 9.53 Å². The molecule has 0 spiro atoms. The maximum absolute atomic E-state index is 13.7. The topological polar surface area (TPSA) is 54.8 Å². The van der Waals surface area contributed by atoms with Crippen molar-refractivity contribution in [2.45, 2.75) is 32.1 Å². The number of nitrogens with zero attached hydrogens (tertiary/aromatic N) is 3. The van der Waals surface area contributed by atoms with Crippen molar-refractivity contribution in [2.24, 2.45) is 7.05 Å². The van der Waals surface area contributed by atoms with Gasteiger partial charge in [-0.1, -0.05) is 67.2 Å². The maximum atomic E-state index is 13.7. The molecule has 2 aromatic carbocycles. The first kappa shape index (κ1) is 25.5. The van der Waals surface area contributed by atoms with Crippen LogP contribution in [0.15, 0.2) is 58.2 Å². The molecule has 0 bridgehead atoms. The summed E-state index contributed by atoms with van der Waals surface area (Å²) in [5.74, 6) is 0.662. The van der Waals surface area contributed by atoms with Crippen LogP contribution in [0.4, 0.5) is 5.69 Å². The molecule has 5 rings (SSSR count). The number of benzene rings is 2. The van der Waals surface area contributed by atoms with E-state index in [9.17, 15) is 9.59 Å². The first-order chi connectivity index (χ1) is 18.0. The molecule has 0 unspecified atom stereocenters. The number of methoxy groups -OCH3 is 1. The van der Waals surface area contributed by atoms with E-state index in [1.54, 1.807) is 29.7 Å². The average molecular weight is 534 g/mol. The lowest BCUT2D eigenvalue weighted by Crippen LogP contribution is -2.31. The average Bonchev–Trinajstić information content (AvgIpc) is 3.08. The fourth-order valence-corrected chi connectivity index (χ4v) is 6.42. The minimum absolute atomic E-state index is 0.0959. The fourth-order valence-electron chi connectivity index (χ4n) is 5.12. The summed E-state index contributed by atoms with van der Waals surface area (Å²) in [6.45, 7) is 2.30. The van der Waals surface area contributed by atoms with E-state index in [-0.39, 0.29) is 11.5 Å². The molecule has 6 nitrogen and oxygen atoms in total. The molecule has 0 N–H and O–H groups in total. The number of hydrogen-bond acceptors (Lipinski definition) is 6. The molecule has 1 amide bonds. The van der Waals surface area contributed by atoms with Crippen LogP contribution in [0, 0.1) is 0 Å². The minimum atomic E-state index is -0.138. The van der Waals surface area contributed by atoms with Crippen molar-refractivity contribution in [1.82, 2.24) is 9.47 Å². The Hall–Kier alpha value is -3.10. The monoisotopic (exact) mass is 533 g/mol. The van der Waals surface area contributed by atoms with Gasteiger partial charge in [-0.2, -0.15) is 0 Å². The number of carbonyl (C=O) groups excluding carboxylic acids is 1. The Morgan fingerprint density at radius 1 is 1.00 bits per heavy atom. The van der Waals surface area contributed by atoms with E-state index in [0.717, 1.165) is 53.8 Å². The summed E-state index contributed by atoms with van der Waals surface area (Å²) in [5, 5.41) is 1.03. The minimum Gasteiger partial charge on any atom is -0.497 e. The van der Waals surface area contributed by atoms with Crippen LogP contribution in [0.3, 0.4) is 0 Å². The number of amides is 1. The van der Waals surface area contributed by atoms with Crippen LogP contribution >= 0.6 is 24.0 Å². The van der Waals surface area contributed by atoms with Crippen LogP contribution < -0.4 is 15.2 Å². The zero-order valence-corrected chi connectivity index (χ0v) is 22.9. The van der Waals surface area contributed by atoms with Gasteiger partial charge in [0.05, 0.1) is 28.8 Å². The second-order valence-electron chi connectivity index (χ2n) is 9.48. The van der Waals surface area contributed by atoms with E-state index in [1.807, 2.05) is 42.5 Å². The molecule has 2 saturated heterocycles. The molecule has 0 atom stereocenters. The van der Waals surface area contributed by atoms with Crippen LogP contribution in [0.2, 0.25) is 0 Å². The summed E-state index contributed by atoms with van der Waals surface area (Å²) < 4.78 is 7.44. The van der Waals surface area contributed by atoms with Crippen molar-refractivity contribution in [1.29, 1.82) is 0 Å². The predicted octanol–water partition coefficient (Wildman–Crippen LogP) is 5.37. The van der Waals surface area contributed by atoms with Crippen LogP contribution in [-0.4, -0.2) is 46.4 Å². The summed E-state index contributed by atoms with van der Waals surface area (Å²) in [6, 6.07) is 15.9. The van der Waals surface area contributed by atoms with Gasteiger partial charge in [-0.15, -0.1) is 0 Å². The molecular formula is C29H31N3O3S2.